The number of nitrogens with one attached hydrogen (secondary N) is 1. The molecule has 124 valence electrons. The molecule has 1 aromatic heterocycles. The molecule has 11 nitrogen and oxygen atoms in total. The van der Waals surface area contributed by atoms with Gasteiger partial charge in [0, 0.05) is 6.54 Å². The van der Waals surface area contributed by atoms with E-state index in [9.17, 15) is 14.9 Å². The zero-order chi connectivity index (χ0) is 17.0. The number of methoxy groups -OCH3 is 1. The minimum atomic E-state index is -1.04. The van der Waals surface area contributed by atoms with Crippen molar-refractivity contribution >= 4 is 29.2 Å². The molecular formula is C11H13ClN6O5. The van der Waals surface area contributed by atoms with Gasteiger partial charge in [0.1, 0.15) is 11.5 Å². The van der Waals surface area contributed by atoms with E-state index in [1.54, 1.807) is 6.92 Å². The summed E-state index contributed by atoms with van der Waals surface area (Å²) in [6.07, 6.45) is 0. The third-order valence-electron chi connectivity index (χ3n) is 2.81. The minimum Gasteiger partial charge on any atom is -0.479 e. The fourth-order valence-corrected chi connectivity index (χ4v) is 2.11. The minimum absolute atomic E-state index is 0.0953. The van der Waals surface area contributed by atoms with Crippen molar-refractivity contribution in [1.29, 1.82) is 0 Å². The second-order valence-corrected chi connectivity index (χ2v) is 4.68. The smallest absolute Gasteiger partial charge is 0.295 e. The highest BCUT2D eigenvalue weighted by Crippen LogP contribution is 2.29. The number of guanidine groups is 1. The number of hydrogen-bond donors (Lipinski definition) is 1. The molecule has 1 N–H and O–H groups in total. The zero-order valence-corrected chi connectivity index (χ0v) is 13.0. The zero-order valence-electron chi connectivity index (χ0n) is 12.3. The van der Waals surface area contributed by atoms with Gasteiger partial charge < -0.3 is 14.9 Å². The molecule has 0 unspecified atom stereocenters. The molecule has 0 aliphatic carbocycles. The van der Waals surface area contributed by atoms with Gasteiger partial charge in [-0.2, -0.15) is 4.98 Å². The van der Waals surface area contributed by atoms with Gasteiger partial charge in [-0.05, 0) is 6.92 Å². The first-order valence-electron chi connectivity index (χ1n) is 6.39. The molecule has 1 aliphatic heterocycles. The number of rotatable bonds is 5. The Bertz CT molecular complexity index is 667. The van der Waals surface area contributed by atoms with Crippen molar-refractivity contribution in [2.45, 2.75) is 6.92 Å². The molecule has 0 radical (unpaired) electrons. The Balaban J connectivity index is 2.16. The summed E-state index contributed by atoms with van der Waals surface area (Å²) in [7, 11) is 1.41. The van der Waals surface area contributed by atoms with Gasteiger partial charge in [0.2, 0.25) is 11.8 Å². The van der Waals surface area contributed by atoms with E-state index in [-0.39, 0.29) is 29.2 Å². The van der Waals surface area contributed by atoms with Crippen LogP contribution in [0.4, 0.5) is 5.69 Å². The number of carbonyl (C=O) groups excluding carboxylic acids is 1. The molecule has 1 aliphatic rings. The number of hydrogen-bond acceptors (Lipinski definition) is 9. The Morgan fingerprint density at radius 1 is 1.52 bits per heavy atom. The summed E-state index contributed by atoms with van der Waals surface area (Å²) in [6.45, 7) is 1.53. The maximum Gasteiger partial charge on any atom is 0.295 e. The predicted octanol–water partition coefficient (Wildman–Crippen LogP) is 0.265. The fourth-order valence-electron chi connectivity index (χ4n) is 1.86. The summed E-state index contributed by atoms with van der Waals surface area (Å²) in [5.74, 6) is 0.146. The lowest BCUT2D eigenvalue weighted by Crippen LogP contribution is -2.41. The van der Waals surface area contributed by atoms with Crippen molar-refractivity contribution in [2.75, 3.05) is 32.1 Å². The molecule has 0 saturated heterocycles. The van der Waals surface area contributed by atoms with Gasteiger partial charge in [0.15, 0.2) is 11.8 Å². The van der Waals surface area contributed by atoms with Crippen LogP contribution in [0.15, 0.2) is 4.99 Å². The number of aryl methyl sites for hydroxylation is 1. The maximum atomic E-state index is 11.9. The Hall–Kier alpha value is -2.69. The molecule has 1 amide bonds. The van der Waals surface area contributed by atoms with Crippen LogP contribution in [-0.2, 0) is 9.63 Å². The van der Waals surface area contributed by atoms with Crippen LogP contribution in [0.2, 0.25) is 5.15 Å². The van der Waals surface area contributed by atoms with Crippen molar-refractivity contribution in [2.24, 2.45) is 4.99 Å². The van der Waals surface area contributed by atoms with Crippen molar-refractivity contribution in [3.05, 3.63) is 21.1 Å². The van der Waals surface area contributed by atoms with E-state index >= 15 is 0 Å². The first-order valence-corrected chi connectivity index (χ1v) is 6.77. The first kappa shape index (κ1) is 16.7. The van der Waals surface area contributed by atoms with E-state index in [1.165, 1.54) is 12.0 Å². The van der Waals surface area contributed by atoms with E-state index in [1.807, 2.05) is 0 Å². The number of anilines is 1. The molecule has 0 fully saturated rings. The molecule has 1 aromatic rings. The molecule has 0 aromatic carbocycles. The fraction of sp³-hybridized carbons (Fsp3) is 0.455. The number of halogens is 1. The molecule has 23 heavy (non-hydrogen) atoms. The Morgan fingerprint density at radius 2 is 2.26 bits per heavy atom. The van der Waals surface area contributed by atoms with Crippen LogP contribution in [-0.4, -0.2) is 58.6 Å². The third-order valence-corrected chi connectivity index (χ3v) is 3.08. The van der Waals surface area contributed by atoms with Crippen molar-refractivity contribution in [3.63, 3.8) is 0 Å². The summed E-state index contributed by atoms with van der Waals surface area (Å²) < 4.78 is 5.12. The number of ether oxygens (including phenoxy) is 1. The van der Waals surface area contributed by atoms with Gasteiger partial charge in [-0.1, -0.05) is 11.6 Å². The van der Waals surface area contributed by atoms with Crippen molar-refractivity contribution < 1.29 is 19.5 Å². The van der Waals surface area contributed by atoms with E-state index in [2.05, 4.69) is 25.1 Å². The van der Waals surface area contributed by atoms with Crippen LogP contribution in [0.25, 0.3) is 0 Å². The standard InChI is InChI=1S/C11H13ClN6O5/c1-6-14-9(12)8(10(15-6)22-2)16-11-13-3-4-17(11)7(19)5-23-18(20)21/h3-5H2,1-2H3,(H,13,16). The average Bonchev–Trinajstić information content (AvgIpc) is 2.95. The van der Waals surface area contributed by atoms with E-state index in [0.29, 0.717) is 12.4 Å². The lowest BCUT2D eigenvalue weighted by molar-refractivity contribution is -0.754. The third kappa shape index (κ3) is 3.94. The molecule has 0 atom stereocenters. The van der Waals surface area contributed by atoms with Gasteiger partial charge in [-0.25, -0.2) is 4.98 Å². The van der Waals surface area contributed by atoms with Crippen molar-refractivity contribution in [3.8, 4) is 5.88 Å². The molecule has 0 saturated carbocycles. The van der Waals surface area contributed by atoms with E-state index < -0.39 is 17.6 Å². The summed E-state index contributed by atoms with van der Waals surface area (Å²) in [5, 5.41) is 12.0. The van der Waals surface area contributed by atoms with E-state index in [0.717, 1.165) is 0 Å². The average molecular weight is 345 g/mol. The van der Waals surface area contributed by atoms with Crippen LogP contribution in [0.5, 0.6) is 5.88 Å². The second-order valence-electron chi connectivity index (χ2n) is 4.32. The SMILES string of the molecule is COc1nc(C)nc(Cl)c1NC1=NCCN1C(=O)CO[N+](=O)[O-]. The monoisotopic (exact) mass is 344 g/mol. The molecule has 0 bridgehead atoms. The van der Waals surface area contributed by atoms with E-state index in [4.69, 9.17) is 16.3 Å². The second kappa shape index (κ2) is 7.05. The highest BCUT2D eigenvalue weighted by atomic mass is 35.5. The number of aromatic nitrogens is 2. The topological polar surface area (TPSA) is 132 Å². The highest BCUT2D eigenvalue weighted by molar-refractivity contribution is 6.33. The summed E-state index contributed by atoms with van der Waals surface area (Å²) >= 11 is 6.06. The van der Waals surface area contributed by atoms with Crippen LogP contribution < -0.4 is 10.1 Å². The van der Waals surface area contributed by atoms with Gasteiger partial charge >= 0.3 is 0 Å². The normalized spacial score (nSPS) is 13.5. The summed E-state index contributed by atoms with van der Waals surface area (Å²) in [6, 6.07) is 0. The Morgan fingerprint density at radius 3 is 2.91 bits per heavy atom. The van der Waals surface area contributed by atoms with Gasteiger partial charge in [-0.3, -0.25) is 14.7 Å². The lowest BCUT2D eigenvalue weighted by atomic mass is 10.4. The summed E-state index contributed by atoms with van der Waals surface area (Å²) in [5.41, 5.74) is 0.244. The molecule has 2 rings (SSSR count). The van der Waals surface area contributed by atoms with Gasteiger partial charge in [-0.15, -0.1) is 10.1 Å². The molecule has 12 heteroatoms. The lowest BCUT2D eigenvalue weighted by Gasteiger charge is -2.19. The number of carbonyl (C=O) groups is 1. The summed E-state index contributed by atoms with van der Waals surface area (Å²) in [4.78, 5) is 39.5. The highest BCUT2D eigenvalue weighted by Gasteiger charge is 2.26. The van der Waals surface area contributed by atoms with Crippen LogP contribution in [0.1, 0.15) is 5.82 Å². The van der Waals surface area contributed by atoms with Gasteiger partial charge in [0.05, 0.1) is 13.7 Å². The predicted molar refractivity (Wildman–Crippen MR) is 78.9 cm³/mol. The Kier molecular flexibility index (Phi) is 5.11. The Labute approximate surface area is 135 Å². The molecule has 0 spiro atoms. The molecular weight excluding hydrogens is 332 g/mol. The van der Waals surface area contributed by atoms with Gasteiger partial charge in [0.25, 0.3) is 11.0 Å². The maximum absolute atomic E-state index is 11.9. The van der Waals surface area contributed by atoms with Crippen LogP contribution in [0.3, 0.4) is 0 Å². The number of amides is 1. The molecule has 2 heterocycles. The van der Waals surface area contributed by atoms with Crippen molar-refractivity contribution in [1.82, 2.24) is 14.9 Å². The first-order chi connectivity index (χ1) is 10.9. The largest absolute Gasteiger partial charge is 0.479 e. The van der Waals surface area contributed by atoms with Crippen LogP contribution in [0, 0.1) is 17.0 Å². The van der Waals surface area contributed by atoms with Crippen LogP contribution >= 0.6 is 11.6 Å². The number of aliphatic imine (C=N–C) groups is 1. The number of nitrogens with zero attached hydrogens (tertiary/aromatic N) is 5. The quantitative estimate of drug-likeness (QED) is 0.457.